The summed E-state index contributed by atoms with van der Waals surface area (Å²) in [6, 6.07) is -7.87. The smallest absolute Gasteiger partial charge is 0.248 e. The van der Waals surface area contributed by atoms with Gasteiger partial charge in [-0.25, -0.2) is 0 Å². The number of likely N-dealkylation sites (tertiary alicyclic amines) is 1. The SMILES string of the molecule is CC[C@H](C)[C@@H]1NC(=O)[C@H](C)N(C)C(=O)C[C@@H](C(=O)N2CCCCC2)N(C)C(=O)[C@H](C2CCCCC2)N(C)C(=O)C2(CCCC2)NC(=O)[C@@H]2CCCN2C(=O)[C@H](CCC2CCC(Cl)CC2)NC(=O)CN(C)C(=O)[C@H](CC2CCCCC2)N(C)C(=O)CN(C)C(=O)CN(C)C1=O. The summed E-state index contributed by atoms with van der Waals surface area (Å²) in [5.41, 5.74) is -1.45. The Hall–Kier alpha value is -6.07. The molecule has 4 aliphatic carbocycles. The predicted molar refractivity (Wildman–Crippen MR) is 356 cm³/mol. The van der Waals surface area contributed by atoms with Gasteiger partial charge in [-0.3, -0.25) is 57.5 Å². The van der Waals surface area contributed by atoms with Crippen LogP contribution in [0.25, 0.3) is 0 Å². The van der Waals surface area contributed by atoms with Gasteiger partial charge in [-0.15, -0.1) is 11.6 Å². The van der Waals surface area contributed by atoms with E-state index < -0.39 is 151 Å². The van der Waals surface area contributed by atoms with Gasteiger partial charge in [0, 0.05) is 74.3 Å². The van der Waals surface area contributed by atoms with Crippen molar-refractivity contribution in [3.63, 3.8) is 0 Å². The molecule has 0 aromatic rings. The number of hydrogen-bond donors (Lipinski definition) is 3. The van der Waals surface area contributed by atoms with E-state index in [2.05, 4.69) is 16.0 Å². The van der Waals surface area contributed by atoms with Crippen LogP contribution in [0.5, 0.6) is 0 Å². The number of piperidine rings is 1. The molecular weight excluding hydrogens is 1220 g/mol. The Kier molecular flexibility index (Phi) is 27.8. The van der Waals surface area contributed by atoms with Gasteiger partial charge in [0.1, 0.15) is 47.8 Å². The minimum Gasteiger partial charge on any atom is -0.343 e. The third kappa shape index (κ3) is 18.9. The van der Waals surface area contributed by atoms with Crippen molar-refractivity contribution in [2.75, 3.05) is 88.6 Å². The highest BCUT2D eigenvalue weighted by Gasteiger charge is 2.51. The van der Waals surface area contributed by atoms with Crippen molar-refractivity contribution in [1.82, 2.24) is 60.0 Å². The zero-order chi connectivity index (χ0) is 68.7. The number of likely N-dealkylation sites (N-methyl/N-ethyl adjacent to an activating group) is 7. The molecule has 4 saturated carbocycles. The Morgan fingerprint density at radius 3 is 1.78 bits per heavy atom. The minimum atomic E-state index is -1.45. The molecule has 7 fully saturated rings. The van der Waals surface area contributed by atoms with Crippen molar-refractivity contribution < 1.29 is 57.5 Å². The highest BCUT2D eigenvalue weighted by molar-refractivity contribution is 6.20. The Morgan fingerprint density at radius 2 is 1.15 bits per heavy atom. The van der Waals surface area contributed by atoms with E-state index in [-0.39, 0.29) is 48.9 Å². The summed E-state index contributed by atoms with van der Waals surface area (Å²) in [7, 11) is 10.3. The van der Waals surface area contributed by atoms with Crippen LogP contribution in [0.1, 0.15) is 201 Å². The van der Waals surface area contributed by atoms with Gasteiger partial charge >= 0.3 is 0 Å². The van der Waals surface area contributed by atoms with E-state index in [1.165, 1.54) is 88.4 Å². The second-order valence-corrected chi connectivity index (χ2v) is 29.7. The normalized spacial score (nSPS) is 30.2. The number of nitrogens with zero attached hydrogens (tertiary/aromatic N) is 9. The van der Waals surface area contributed by atoms with Crippen molar-refractivity contribution in [3.8, 4) is 0 Å². The van der Waals surface area contributed by atoms with Crippen LogP contribution >= 0.6 is 11.6 Å². The van der Waals surface area contributed by atoms with E-state index in [0.717, 1.165) is 96.3 Å². The first-order valence-electron chi connectivity index (χ1n) is 35.6. The van der Waals surface area contributed by atoms with Crippen LogP contribution in [0, 0.1) is 23.7 Å². The maximum Gasteiger partial charge on any atom is 0.248 e. The molecule has 7 rings (SSSR count). The summed E-state index contributed by atoms with van der Waals surface area (Å²) < 4.78 is 0. The molecule has 12 amide bonds. The average molecular weight is 1340 g/mol. The molecule has 8 atom stereocenters. The molecule has 528 valence electrons. The molecule has 0 unspecified atom stereocenters. The van der Waals surface area contributed by atoms with Gasteiger partial charge in [0.25, 0.3) is 0 Å². The second-order valence-electron chi connectivity index (χ2n) is 29.0. The van der Waals surface area contributed by atoms with Gasteiger partial charge < -0.3 is 60.0 Å². The Labute approximate surface area is 563 Å². The molecule has 1 spiro atoms. The molecule has 0 radical (unpaired) electrons. The van der Waals surface area contributed by atoms with Gasteiger partial charge in [0.05, 0.1) is 26.1 Å². The first kappa shape index (κ1) is 75.3. The van der Waals surface area contributed by atoms with Gasteiger partial charge in [-0.05, 0) is 133 Å². The van der Waals surface area contributed by atoms with Crippen LogP contribution in [0.2, 0.25) is 0 Å². The quantitative estimate of drug-likeness (QED) is 0.266. The Morgan fingerprint density at radius 1 is 0.553 bits per heavy atom. The first-order chi connectivity index (χ1) is 44.7. The molecule has 3 saturated heterocycles. The standard InChI is InChI=1S/C69H113ClN12O12/c1-11-45(2)59-66(92)76(6)43-57(85)74(4)44-58(86)78(8)53(40-48-24-15-12-16-25-48)64(90)75(5)42-55(83)71-51(34-31-47-29-32-50(70)33-30-47)63(89)82-39-23-28-52(82)62(88)73-69(35-19-20-36-69)68(94)80(10)60(49-26-17-13-18-27-49)67(93)79(9)54(65(91)81-37-21-14-22-38-81)41-56(84)77(7)46(3)61(87)72-59/h45-54,59-60H,11-44H2,1-10H3,(H,71,83)(H,72,87)(H,73,88)/t45-,46-,47?,50?,51-,52-,53-,54-,59-,60-/m0/s1. The van der Waals surface area contributed by atoms with E-state index in [4.69, 9.17) is 11.6 Å². The van der Waals surface area contributed by atoms with Crippen molar-refractivity contribution >= 4 is 82.5 Å². The largest absolute Gasteiger partial charge is 0.343 e. The number of hydrogen-bond acceptors (Lipinski definition) is 12. The molecule has 0 bridgehead atoms. The lowest BCUT2D eigenvalue weighted by atomic mass is 9.81. The highest BCUT2D eigenvalue weighted by Crippen LogP contribution is 2.38. The number of amides is 12. The fourth-order valence-electron chi connectivity index (χ4n) is 15.8. The van der Waals surface area contributed by atoms with E-state index >= 15 is 19.2 Å². The van der Waals surface area contributed by atoms with E-state index in [0.29, 0.717) is 70.9 Å². The summed E-state index contributed by atoms with van der Waals surface area (Å²) in [4.78, 5) is 190. The van der Waals surface area contributed by atoms with Crippen molar-refractivity contribution in [2.45, 2.75) is 254 Å². The average Bonchev–Trinajstić information content (AvgIpc) is 1.15. The molecule has 25 heteroatoms. The zero-order valence-corrected chi connectivity index (χ0v) is 59.0. The Balaban J connectivity index is 1.24. The van der Waals surface area contributed by atoms with Gasteiger partial charge in [-0.2, -0.15) is 0 Å². The third-order valence-electron chi connectivity index (χ3n) is 22.4. The molecular formula is C69H113ClN12O12. The molecule has 94 heavy (non-hydrogen) atoms. The lowest BCUT2D eigenvalue weighted by molar-refractivity contribution is -0.157. The van der Waals surface area contributed by atoms with Crippen LogP contribution in [0.15, 0.2) is 0 Å². The molecule has 0 aromatic heterocycles. The number of rotatable bonds is 9. The third-order valence-corrected chi connectivity index (χ3v) is 22.9. The van der Waals surface area contributed by atoms with Crippen LogP contribution < -0.4 is 16.0 Å². The molecule has 0 aromatic carbocycles. The van der Waals surface area contributed by atoms with E-state index in [1.807, 2.05) is 6.92 Å². The van der Waals surface area contributed by atoms with Crippen molar-refractivity contribution in [3.05, 3.63) is 0 Å². The number of halogens is 1. The van der Waals surface area contributed by atoms with Crippen LogP contribution in [-0.2, 0) is 57.5 Å². The summed E-state index contributed by atoms with van der Waals surface area (Å²) in [6.07, 6.45) is 17.8. The van der Waals surface area contributed by atoms with Gasteiger partial charge in [0.15, 0.2) is 0 Å². The van der Waals surface area contributed by atoms with E-state index in [1.54, 1.807) is 18.9 Å². The lowest BCUT2D eigenvalue weighted by Gasteiger charge is -2.43. The fourth-order valence-corrected chi connectivity index (χ4v) is 16.0. The molecule has 24 nitrogen and oxygen atoms in total. The van der Waals surface area contributed by atoms with Gasteiger partial charge in [-0.1, -0.05) is 84.5 Å². The molecule has 3 N–H and O–H groups in total. The van der Waals surface area contributed by atoms with E-state index in [9.17, 15) is 38.4 Å². The topological polar surface area (TPSA) is 270 Å². The second kappa shape index (κ2) is 34.7. The molecule has 3 heterocycles. The first-order valence-corrected chi connectivity index (χ1v) is 36.1. The lowest BCUT2D eigenvalue weighted by Crippen LogP contribution is -2.65. The summed E-state index contributed by atoms with van der Waals surface area (Å²) in [6.45, 7) is 4.80. The maximum atomic E-state index is 15.7. The monoisotopic (exact) mass is 1340 g/mol. The molecule has 3 aliphatic heterocycles. The highest BCUT2D eigenvalue weighted by atomic mass is 35.5. The summed E-state index contributed by atoms with van der Waals surface area (Å²) in [5.74, 6) is -7.01. The number of nitrogens with one attached hydrogen (secondary N) is 3. The van der Waals surface area contributed by atoms with Gasteiger partial charge in [0.2, 0.25) is 70.9 Å². The summed E-state index contributed by atoms with van der Waals surface area (Å²) in [5, 5.41) is 9.06. The number of fused-ring (bicyclic) bond motifs is 1. The number of alkyl halides is 1. The minimum absolute atomic E-state index is 0.0630. The number of carbonyl (C=O) groups excluding carboxylic acids is 12. The predicted octanol–water partition coefficient (Wildman–Crippen LogP) is 4.67. The number of carbonyl (C=O) groups is 12. The Bertz CT molecular complexity index is 2690. The van der Waals surface area contributed by atoms with Crippen LogP contribution in [0.4, 0.5) is 0 Å². The van der Waals surface area contributed by atoms with Crippen LogP contribution in [0.3, 0.4) is 0 Å². The zero-order valence-electron chi connectivity index (χ0n) is 58.3. The van der Waals surface area contributed by atoms with Crippen molar-refractivity contribution in [1.29, 1.82) is 0 Å². The van der Waals surface area contributed by atoms with Crippen LogP contribution in [-0.4, -0.2) is 257 Å². The van der Waals surface area contributed by atoms with Crippen molar-refractivity contribution in [2.24, 2.45) is 23.7 Å². The summed E-state index contributed by atoms with van der Waals surface area (Å²) >= 11 is 6.52. The molecule has 7 aliphatic rings. The maximum absolute atomic E-state index is 15.7. The fraction of sp³-hybridized carbons (Fsp3) is 0.826.